The van der Waals surface area contributed by atoms with Gasteiger partial charge in [-0.05, 0) is 18.6 Å². The summed E-state index contributed by atoms with van der Waals surface area (Å²) in [6.45, 7) is 2.47. The molecule has 1 amide bonds. The van der Waals surface area contributed by atoms with Gasteiger partial charge in [-0.3, -0.25) is 10.1 Å². The van der Waals surface area contributed by atoms with Gasteiger partial charge in [0, 0.05) is 0 Å². The molecule has 1 aliphatic heterocycles. The third-order valence-electron chi connectivity index (χ3n) is 2.79. The number of carboxylic acids is 1. The van der Waals surface area contributed by atoms with E-state index in [2.05, 4.69) is 10.3 Å². The van der Waals surface area contributed by atoms with E-state index in [4.69, 9.17) is 9.84 Å². The number of hydrogen-bond donors (Lipinski definition) is 2. The van der Waals surface area contributed by atoms with Gasteiger partial charge in [-0.1, -0.05) is 19.1 Å². The molecule has 1 aliphatic rings. The number of ether oxygens (including phenoxy) is 1. The Morgan fingerprint density at radius 3 is 2.68 bits per heavy atom. The van der Waals surface area contributed by atoms with Gasteiger partial charge in [-0.15, -0.1) is 0 Å². The van der Waals surface area contributed by atoms with Crippen LogP contribution in [-0.4, -0.2) is 35.7 Å². The van der Waals surface area contributed by atoms with Gasteiger partial charge in [-0.25, -0.2) is 9.79 Å². The van der Waals surface area contributed by atoms with E-state index in [0.717, 1.165) is 6.42 Å². The largest absolute Gasteiger partial charge is 0.478 e. The smallest absolute Gasteiger partial charge is 0.336 e. The van der Waals surface area contributed by atoms with E-state index in [-0.39, 0.29) is 23.3 Å². The lowest BCUT2D eigenvalue weighted by Crippen LogP contribution is -2.32. The molecule has 1 atom stereocenters. The molecule has 1 heterocycles. The summed E-state index contributed by atoms with van der Waals surface area (Å²) in [6.07, 6.45) is 0.777. The fraction of sp³-hybridized carbons (Fsp3) is 0.308. The van der Waals surface area contributed by atoms with E-state index in [9.17, 15) is 9.59 Å². The van der Waals surface area contributed by atoms with Crippen molar-refractivity contribution in [1.82, 2.24) is 5.32 Å². The van der Waals surface area contributed by atoms with Gasteiger partial charge < -0.3 is 9.84 Å². The molecule has 0 aliphatic carbocycles. The van der Waals surface area contributed by atoms with Crippen molar-refractivity contribution in [2.75, 3.05) is 6.54 Å². The quantitative estimate of drug-likeness (QED) is 0.858. The molecule has 0 spiro atoms. The van der Waals surface area contributed by atoms with Crippen molar-refractivity contribution in [2.45, 2.75) is 19.4 Å². The first-order chi connectivity index (χ1) is 9.11. The van der Waals surface area contributed by atoms with E-state index in [1.54, 1.807) is 12.1 Å². The van der Waals surface area contributed by atoms with Crippen LogP contribution in [0.4, 0.5) is 0 Å². The van der Waals surface area contributed by atoms with E-state index in [0.29, 0.717) is 6.54 Å². The fourth-order valence-electron chi connectivity index (χ4n) is 1.73. The maximum absolute atomic E-state index is 12.0. The molecule has 1 unspecified atom stereocenters. The second-order valence-electron chi connectivity index (χ2n) is 4.10. The van der Waals surface area contributed by atoms with Crippen LogP contribution in [-0.2, 0) is 4.74 Å². The van der Waals surface area contributed by atoms with E-state index >= 15 is 0 Å². The number of carboxylic acid groups (broad SMARTS) is 1. The van der Waals surface area contributed by atoms with Gasteiger partial charge in [-0.2, -0.15) is 0 Å². The Bertz CT molecular complexity index is 539. The zero-order chi connectivity index (χ0) is 13.8. The number of aromatic carboxylic acids is 1. The standard InChI is InChI=1S/C13H14N2O4/c1-2-8-7-14-13(19-8)15-11(16)9-5-3-4-6-10(9)12(17)18/h3-6,8H,2,7H2,1H3,(H,17,18)(H,14,15,16). The number of carbonyl (C=O) groups excluding carboxylic acids is 1. The second-order valence-corrected chi connectivity index (χ2v) is 4.10. The third kappa shape index (κ3) is 2.90. The predicted molar refractivity (Wildman–Crippen MR) is 68.3 cm³/mol. The monoisotopic (exact) mass is 262 g/mol. The number of nitrogens with one attached hydrogen (secondary N) is 1. The molecule has 0 bridgehead atoms. The molecule has 1 aromatic carbocycles. The van der Waals surface area contributed by atoms with Crippen LogP contribution < -0.4 is 5.32 Å². The zero-order valence-electron chi connectivity index (χ0n) is 10.4. The molecule has 0 saturated carbocycles. The average molecular weight is 262 g/mol. The lowest BCUT2D eigenvalue weighted by atomic mass is 10.1. The highest BCUT2D eigenvalue weighted by Gasteiger charge is 2.22. The summed E-state index contributed by atoms with van der Waals surface area (Å²) in [5.74, 6) is -1.68. The molecule has 100 valence electrons. The molecule has 1 aromatic rings. The van der Waals surface area contributed by atoms with Crippen LogP contribution in [0.1, 0.15) is 34.1 Å². The topological polar surface area (TPSA) is 88.0 Å². The predicted octanol–water partition coefficient (Wildman–Crippen LogP) is 1.28. The summed E-state index contributed by atoms with van der Waals surface area (Å²) in [5, 5.41) is 11.5. The molecule has 6 heteroatoms. The number of aliphatic imine (C=N–C) groups is 1. The maximum Gasteiger partial charge on any atom is 0.336 e. The molecule has 0 aromatic heterocycles. The summed E-state index contributed by atoms with van der Waals surface area (Å²) in [5.41, 5.74) is 0.0342. The Morgan fingerprint density at radius 2 is 2.11 bits per heavy atom. The van der Waals surface area contributed by atoms with Crippen molar-refractivity contribution in [1.29, 1.82) is 0 Å². The van der Waals surface area contributed by atoms with Crippen molar-refractivity contribution in [2.24, 2.45) is 4.99 Å². The van der Waals surface area contributed by atoms with Gasteiger partial charge in [0.05, 0.1) is 17.7 Å². The lowest BCUT2D eigenvalue weighted by molar-refractivity contribution is 0.0691. The van der Waals surface area contributed by atoms with Crippen LogP contribution in [0.2, 0.25) is 0 Å². The van der Waals surface area contributed by atoms with Crippen molar-refractivity contribution in [3.8, 4) is 0 Å². The highest BCUT2D eigenvalue weighted by molar-refractivity contribution is 6.10. The van der Waals surface area contributed by atoms with Gasteiger partial charge in [0.25, 0.3) is 11.9 Å². The van der Waals surface area contributed by atoms with E-state index in [1.807, 2.05) is 6.92 Å². The number of rotatable bonds is 3. The third-order valence-corrected chi connectivity index (χ3v) is 2.79. The van der Waals surface area contributed by atoms with Crippen LogP contribution >= 0.6 is 0 Å². The van der Waals surface area contributed by atoms with Crippen molar-refractivity contribution in [3.05, 3.63) is 35.4 Å². The number of benzene rings is 1. The number of hydrogen-bond acceptors (Lipinski definition) is 4. The molecular weight excluding hydrogens is 248 g/mol. The summed E-state index contributed by atoms with van der Waals surface area (Å²) in [4.78, 5) is 27.0. The maximum atomic E-state index is 12.0. The molecule has 6 nitrogen and oxygen atoms in total. The zero-order valence-corrected chi connectivity index (χ0v) is 10.4. The van der Waals surface area contributed by atoms with Crippen LogP contribution in [0, 0.1) is 0 Å². The number of amidine groups is 1. The molecule has 19 heavy (non-hydrogen) atoms. The summed E-state index contributed by atoms with van der Waals surface area (Å²) >= 11 is 0. The highest BCUT2D eigenvalue weighted by Crippen LogP contribution is 2.10. The van der Waals surface area contributed by atoms with Crippen LogP contribution in [0.15, 0.2) is 29.3 Å². The van der Waals surface area contributed by atoms with Gasteiger partial charge in [0.15, 0.2) is 0 Å². The molecule has 2 rings (SSSR count). The van der Waals surface area contributed by atoms with Crippen molar-refractivity contribution < 1.29 is 19.4 Å². The Kier molecular flexibility index (Phi) is 3.79. The number of nitrogens with zero attached hydrogens (tertiary/aromatic N) is 1. The first-order valence-electron chi connectivity index (χ1n) is 5.96. The number of carbonyl (C=O) groups is 2. The molecule has 0 saturated heterocycles. The molecule has 0 fully saturated rings. The van der Waals surface area contributed by atoms with E-state index in [1.165, 1.54) is 12.1 Å². The first-order valence-corrected chi connectivity index (χ1v) is 5.96. The molecular formula is C13H14N2O4. The van der Waals surface area contributed by atoms with Crippen molar-refractivity contribution >= 4 is 17.9 Å². The number of amides is 1. The first kappa shape index (κ1) is 13.1. The SMILES string of the molecule is CCC1CN=C(NC(=O)c2ccccc2C(=O)O)O1. The normalized spacial score (nSPS) is 17.5. The van der Waals surface area contributed by atoms with Gasteiger partial charge in [0.2, 0.25) is 0 Å². The van der Waals surface area contributed by atoms with Gasteiger partial charge >= 0.3 is 5.97 Å². The van der Waals surface area contributed by atoms with E-state index < -0.39 is 11.9 Å². The Balaban J connectivity index is 2.11. The summed E-state index contributed by atoms with van der Waals surface area (Å²) < 4.78 is 5.37. The fourth-order valence-corrected chi connectivity index (χ4v) is 1.73. The average Bonchev–Trinajstić information content (AvgIpc) is 2.86. The van der Waals surface area contributed by atoms with Crippen LogP contribution in [0.3, 0.4) is 0 Å². The minimum absolute atomic E-state index is 0.0231. The molecule has 2 N–H and O–H groups in total. The Labute approximate surface area is 110 Å². The van der Waals surface area contributed by atoms with Crippen LogP contribution in [0.25, 0.3) is 0 Å². The summed E-state index contributed by atoms with van der Waals surface area (Å²) in [7, 11) is 0. The minimum atomic E-state index is -1.15. The Hall–Kier alpha value is -2.37. The highest BCUT2D eigenvalue weighted by atomic mass is 16.5. The van der Waals surface area contributed by atoms with Gasteiger partial charge in [0.1, 0.15) is 6.10 Å². The summed E-state index contributed by atoms with van der Waals surface area (Å²) in [6, 6.07) is 6.15. The lowest BCUT2D eigenvalue weighted by Gasteiger charge is -2.10. The van der Waals surface area contributed by atoms with Crippen LogP contribution in [0.5, 0.6) is 0 Å². The Morgan fingerprint density at radius 1 is 1.42 bits per heavy atom. The minimum Gasteiger partial charge on any atom is -0.478 e. The second kappa shape index (κ2) is 5.51. The van der Waals surface area contributed by atoms with Crippen molar-refractivity contribution in [3.63, 3.8) is 0 Å². The molecule has 0 radical (unpaired) electrons.